The molecule has 0 saturated carbocycles. The van der Waals surface area contributed by atoms with Crippen molar-refractivity contribution >= 4 is 18.6 Å². The molecule has 1 N–H and O–H groups in total. The maximum atomic E-state index is 11.0. The standard InChI is InChI=1S/C8H5O3P/c9-8-5-6-3-1-2-4-7(6)11-12(8)10/h1-5H/p+1. The van der Waals surface area contributed by atoms with Gasteiger partial charge < -0.3 is 5.11 Å². The lowest BCUT2D eigenvalue weighted by molar-refractivity contribution is 0.472. The van der Waals surface area contributed by atoms with Crippen LogP contribution in [0.5, 0.6) is 5.48 Å². The van der Waals surface area contributed by atoms with Gasteiger partial charge in [-0.15, -0.1) is 0 Å². The van der Waals surface area contributed by atoms with Crippen LogP contribution < -0.4 is 0 Å². The summed E-state index contributed by atoms with van der Waals surface area (Å²) in [7, 11) is -2.07. The zero-order valence-electron chi connectivity index (χ0n) is 6.10. The summed E-state index contributed by atoms with van der Waals surface area (Å²) >= 11 is 0. The molecule has 0 fully saturated rings. The fourth-order valence-electron chi connectivity index (χ4n) is 1.01. The lowest BCUT2D eigenvalue weighted by Gasteiger charge is -1.87. The highest BCUT2D eigenvalue weighted by atomic mass is 31.1. The van der Waals surface area contributed by atoms with Gasteiger partial charge in [0.1, 0.15) is 0 Å². The predicted molar refractivity (Wildman–Crippen MR) is 45.5 cm³/mol. The molecule has 12 heavy (non-hydrogen) atoms. The monoisotopic (exact) mass is 181 g/mol. The number of hydrogen-bond acceptors (Lipinski definition) is 3. The Labute approximate surface area is 69.1 Å². The van der Waals surface area contributed by atoms with Crippen LogP contribution in [0.3, 0.4) is 0 Å². The second-order valence-corrected chi connectivity index (χ2v) is 3.54. The number of aromatic hydroxyl groups is 1. The van der Waals surface area contributed by atoms with Crippen molar-refractivity contribution < 1.29 is 13.9 Å². The van der Waals surface area contributed by atoms with Crippen molar-refractivity contribution in [1.82, 2.24) is 0 Å². The Morgan fingerprint density at radius 1 is 1.33 bits per heavy atom. The minimum atomic E-state index is -2.07. The summed E-state index contributed by atoms with van der Waals surface area (Å²) in [6.07, 6.45) is 0. The molecule has 0 aliphatic heterocycles. The van der Waals surface area contributed by atoms with Crippen LogP contribution in [0.1, 0.15) is 0 Å². The molecular weight excluding hydrogens is 175 g/mol. The van der Waals surface area contributed by atoms with Crippen molar-refractivity contribution in [3.05, 3.63) is 30.3 Å². The van der Waals surface area contributed by atoms with E-state index in [1.54, 1.807) is 18.2 Å². The second kappa shape index (κ2) is 2.61. The van der Waals surface area contributed by atoms with Crippen molar-refractivity contribution in [2.45, 2.75) is 0 Å². The van der Waals surface area contributed by atoms with Crippen molar-refractivity contribution in [2.75, 3.05) is 0 Å². The van der Waals surface area contributed by atoms with E-state index in [0.717, 1.165) is 5.39 Å². The summed E-state index contributed by atoms with van der Waals surface area (Å²) in [4.78, 5) is 0. The highest BCUT2D eigenvalue weighted by Crippen LogP contribution is 2.32. The van der Waals surface area contributed by atoms with Gasteiger partial charge in [0.25, 0.3) is 0 Å². The number of benzene rings is 1. The van der Waals surface area contributed by atoms with Crippen LogP contribution in [-0.4, -0.2) is 5.11 Å². The third-order valence-electron chi connectivity index (χ3n) is 1.57. The lowest BCUT2D eigenvalue weighted by Crippen LogP contribution is -1.67. The van der Waals surface area contributed by atoms with E-state index in [9.17, 15) is 4.57 Å². The van der Waals surface area contributed by atoms with E-state index in [2.05, 4.69) is 0 Å². The van der Waals surface area contributed by atoms with E-state index >= 15 is 0 Å². The zero-order chi connectivity index (χ0) is 8.55. The fraction of sp³-hybridized carbons (Fsp3) is 0. The first-order valence-electron chi connectivity index (χ1n) is 3.42. The minimum Gasteiger partial charge on any atom is -0.471 e. The number of para-hydroxylation sites is 1. The van der Waals surface area contributed by atoms with Crippen molar-refractivity contribution in [3.63, 3.8) is 0 Å². The lowest BCUT2D eigenvalue weighted by atomic mass is 10.2. The predicted octanol–water partition coefficient (Wildman–Crippen LogP) is 2.88. The zero-order valence-corrected chi connectivity index (χ0v) is 6.99. The Balaban J connectivity index is 2.93. The molecule has 0 aliphatic carbocycles. The highest BCUT2D eigenvalue weighted by Gasteiger charge is 2.13. The largest absolute Gasteiger partial charge is 0.636 e. The van der Waals surface area contributed by atoms with Gasteiger partial charge in [0, 0.05) is 11.5 Å². The molecule has 2 aromatic rings. The van der Waals surface area contributed by atoms with Gasteiger partial charge in [0.15, 0.2) is 5.58 Å². The molecule has 1 aromatic heterocycles. The van der Waals surface area contributed by atoms with Crippen LogP contribution in [0.15, 0.2) is 34.5 Å². The van der Waals surface area contributed by atoms with Gasteiger partial charge in [0.2, 0.25) is 0 Å². The quantitative estimate of drug-likeness (QED) is 0.679. The van der Waals surface area contributed by atoms with Gasteiger partial charge in [0.05, 0.1) is 0 Å². The molecule has 1 heterocycles. The van der Waals surface area contributed by atoms with Crippen molar-refractivity contribution in [1.29, 1.82) is 0 Å². The first kappa shape index (κ1) is 7.32. The molecule has 0 radical (unpaired) electrons. The van der Waals surface area contributed by atoms with Crippen LogP contribution in [0.25, 0.3) is 11.0 Å². The number of hydrogen-bond donors (Lipinski definition) is 1. The molecule has 2 rings (SSSR count). The normalized spacial score (nSPS) is 11.8. The van der Waals surface area contributed by atoms with Gasteiger partial charge >= 0.3 is 13.1 Å². The first-order chi connectivity index (χ1) is 5.77. The Hall–Kier alpha value is -1.34. The second-order valence-electron chi connectivity index (χ2n) is 2.39. The van der Waals surface area contributed by atoms with Crippen LogP contribution in [0.2, 0.25) is 0 Å². The Kier molecular flexibility index (Phi) is 1.59. The maximum Gasteiger partial charge on any atom is 0.636 e. The third kappa shape index (κ3) is 1.08. The number of rotatable bonds is 0. The van der Waals surface area contributed by atoms with Gasteiger partial charge in [-0.1, -0.05) is 18.2 Å². The summed E-state index contributed by atoms with van der Waals surface area (Å²) < 4.78 is 15.9. The van der Waals surface area contributed by atoms with E-state index < -0.39 is 7.65 Å². The molecule has 0 saturated heterocycles. The van der Waals surface area contributed by atoms with Gasteiger partial charge in [-0.05, 0) is 10.6 Å². The maximum absolute atomic E-state index is 11.0. The third-order valence-corrected chi connectivity index (χ3v) is 2.44. The SMILES string of the molecule is O=[p+]1oc2ccccc2cc1O. The minimum absolute atomic E-state index is 0.205. The molecular formula is C8H6O3P+. The van der Waals surface area contributed by atoms with Crippen molar-refractivity contribution in [2.24, 2.45) is 0 Å². The molecule has 60 valence electrons. The Bertz CT molecular complexity index is 475. The topological polar surface area (TPSA) is 50.4 Å². The summed E-state index contributed by atoms with van der Waals surface area (Å²) in [6.45, 7) is 0. The molecule has 3 nitrogen and oxygen atoms in total. The van der Waals surface area contributed by atoms with Gasteiger partial charge in [-0.25, -0.2) is 4.20 Å². The molecule has 1 unspecified atom stereocenters. The van der Waals surface area contributed by atoms with Crippen molar-refractivity contribution in [3.8, 4) is 5.48 Å². The highest BCUT2D eigenvalue weighted by molar-refractivity contribution is 7.32. The summed E-state index contributed by atoms with van der Waals surface area (Å²) in [6, 6.07) is 8.57. The molecule has 0 bridgehead atoms. The molecule has 1 aromatic carbocycles. The van der Waals surface area contributed by atoms with E-state index in [-0.39, 0.29) is 5.48 Å². The van der Waals surface area contributed by atoms with E-state index in [0.29, 0.717) is 5.58 Å². The van der Waals surface area contributed by atoms with E-state index in [1.807, 2.05) is 6.07 Å². The van der Waals surface area contributed by atoms with Gasteiger partial charge in [-0.2, -0.15) is 0 Å². The molecule has 0 amide bonds. The summed E-state index contributed by atoms with van der Waals surface area (Å²) in [5, 5.41) is 9.83. The molecule has 1 atom stereocenters. The van der Waals surface area contributed by atoms with Crippen LogP contribution in [-0.2, 0) is 4.57 Å². The molecule has 4 heteroatoms. The van der Waals surface area contributed by atoms with E-state index in [1.165, 1.54) is 6.07 Å². The Morgan fingerprint density at radius 2 is 2.08 bits per heavy atom. The average molecular weight is 181 g/mol. The van der Waals surface area contributed by atoms with Crippen LogP contribution in [0, 0.1) is 0 Å². The summed E-state index contributed by atoms with van der Waals surface area (Å²) in [5.74, 6) is 0. The molecule has 0 aliphatic rings. The summed E-state index contributed by atoms with van der Waals surface area (Å²) in [5.41, 5.74) is 0.347. The smallest absolute Gasteiger partial charge is 0.471 e. The van der Waals surface area contributed by atoms with Crippen LogP contribution >= 0.6 is 7.65 Å². The van der Waals surface area contributed by atoms with Crippen LogP contribution in [0.4, 0.5) is 0 Å². The number of fused-ring (bicyclic) bond motifs is 1. The van der Waals surface area contributed by atoms with E-state index in [4.69, 9.17) is 9.30 Å². The Morgan fingerprint density at radius 3 is 2.92 bits per heavy atom. The first-order valence-corrected chi connectivity index (χ1v) is 4.60. The average Bonchev–Trinajstić information content (AvgIpc) is 2.07. The molecule has 0 spiro atoms. The fourth-order valence-corrected chi connectivity index (χ4v) is 1.69. The van der Waals surface area contributed by atoms with Gasteiger partial charge in [-0.3, -0.25) is 0 Å².